The SMILES string of the molecule is COc1cc(OC)cc(-c2[c]cccc2F)c1. The number of benzene rings is 2. The zero-order chi connectivity index (χ0) is 12.3. The van der Waals surface area contributed by atoms with Crippen molar-refractivity contribution in [2.45, 2.75) is 0 Å². The number of hydrogen-bond acceptors (Lipinski definition) is 2. The second-order valence-corrected chi connectivity index (χ2v) is 3.49. The van der Waals surface area contributed by atoms with Crippen LogP contribution in [0, 0.1) is 11.9 Å². The van der Waals surface area contributed by atoms with Crippen molar-refractivity contribution in [2.75, 3.05) is 14.2 Å². The van der Waals surface area contributed by atoms with Crippen molar-refractivity contribution in [1.29, 1.82) is 0 Å². The Kier molecular flexibility index (Phi) is 3.28. The highest BCUT2D eigenvalue weighted by molar-refractivity contribution is 5.67. The second kappa shape index (κ2) is 4.87. The van der Waals surface area contributed by atoms with Gasteiger partial charge in [-0.1, -0.05) is 12.1 Å². The molecule has 0 unspecified atom stereocenters. The average molecular weight is 231 g/mol. The fraction of sp³-hybridized carbons (Fsp3) is 0.143. The minimum absolute atomic E-state index is 0.317. The Bertz CT molecular complexity index is 501. The molecule has 0 spiro atoms. The average Bonchev–Trinajstić information content (AvgIpc) is 2.38. The van der Waals surface area contributed by atoms with Gasteiger partial charge in [-0.25, -0.2) is 4.39 Å². The number of methoxy groups -OCH3 is 2. The Morgan fingerprint density at radius 3 is 2.24 bits per heavy atom. The molecule has 0 fully saturated rings. The molecule has 0 N–H and O–H groups in total. The van der Waals surface area contributed by atoms with Crippen LogP contribution in [0.15, 0.2) is 36.4 Å². The second-order valence-electron chi connectivity index (χ2n) is 3.49. The minimum atomic E-state index is -0.317. The van der Waals surface area contributed by atoms with E-state index in [9.17, 15) is 4.39 Å². The van der Waals surface area contributed by atoms with Crippen molar-refractivity contribution in [3.63, 3.8) is 0 Å². The van der Waals surface area contributed by atoms with Gasteiger partial charge in [0.15, 0.2) is 0 Å². The molecule has 1 radical (unpaired) electrons. The molecule has 2 rings (SSSR count). The van der Waals surface area contributed by atoms with Crippen molar-refractivity contribution >= 4 is 0 Å². The maximum Gasteiger partial charge on any atom is 0.131 e. The molecule has 0 aromatic heterocycles. The third kappa shape index (κ3) is 2.38. The van der Waals surface area contributed by atoms with E-state index in [0.29, 0.717) is 22.6 Å². The van der Waals surface area contributed by atoms with Gasteiger partial charge in [0.2, 0.25) is 0 Å². The van der Waals surface area contributed by atoms with Crippen molar-refractivity contribution in [2.24, 2.45) is 0 Å². The Morgan fingerprint density at radius 1 is 1.06 bits per heavy atom. The van der Waals surface area contributed by atoms with Crippen LogP contribution in [0.2, 0.25) is 0 Å². The maximum atomic E-state index is 13.6. The first kappa shape index (κ1) is 11.5. The lowest BCUT2D eigenvalue weighted by Crippen LogP contribution is -1.90. The lowest BCUT2D eigenvalue weighted by Gasteiger charge is -2.08. The van der Waals surface area contributed by atoms with Crippen LogP contribution in [-0.2, 0) is 0 Å². The zero-order valence-electron chi connectivity index (χ0n) is 9.66. The molecular formula is C14H12FO2. The summed E-state index contributed by atoms with van der Waals surface area (Å²) < 4.78 is 23.9. The van der Waals surface area contributed by atoms with Crippen molar-refractivity contribution in [3.05, 3.63) is 48.3 Å². The molecule has 0 saturated heterocycles. The standard InChI is InChI=1S/C14H12FO2/c1-16-11-7-10(8-12(9-11)17-2)13-5-3-4-6-14(13)15/h3-4,6-9H,1-2H3. The van der Waals surface area contributed by atoms with Gasteiger partial charge in [0.1, 0.15) is 17.3 Å². The van der Waals surface area contributed by atoms with Gasteiger partial charge in [0.25, 0.3) is 0 Å². The highest BCUT2D eigenvalue weighted by Crippen LogP contribution is 2.30. The molecule has 0 saturated carbocycles. The molecule has 0 atom stereocenters. The minimum Gasteiger partial charge on any atom is -0.497 e. The van der Waals surface area contributed by atoms with E-state index in [2.05, 4.69) is 6.07 Å². The van der Waals surface area contributed by atoms with Gasteiger partial charge in [0, 0.05) is 11.6 Å². The van der Waals surface area contributed by atoms with Crippen molar-refractivity contribution in [3.8, 4) is 22.6 Å². The van der Waals surface area contributed by atoms with E-state index in [4.69, 9.17) is 9.47 Å². The van der Waals surface area contributed by atoms with Crippen LogP contribution in [0.4, 0.5) is 4.39 Å². The summed E-state index contributed by atoms with van der Waals surface area (Å²) in [6.07, 6.45) is 0. The Morgan fingerprint density at radius 2 is 1.71 bits per heavy atom. The first-order valence-corrected chi connectivity index (χ1v) is 5.14. The summed E-state index contributed by atoms with van der Waals surface area (Å²) in [5.74, 6) is 0.926. The third-order valence-corrected chi connectivity index (χ3v) is 2.45. The number of rotatable bonds is 3. The molecule has 0 aliphatic rings. The van der Waals surface area contributed by atoms with E-state index in [-0.39, 0.29) is 5.82 Å². The molecule has 87 valence electrons. The molecular weight excluding hydrogens is 219 g/mol. The normalized spacial score (nSPS) is 10.1. The monoisotopic (exact) mass is 231 g/mol. The third-order valence-electron chi connectivity index (χ3n) is 2.45. The van der Waals surface area contributed by atoms with Gasteiger partial charge in [-0.2, -0.15) is 0 Å². The fourth-order valence-corrected chi connectivity index (χ4v) is 1.59. The highest BCUT2D eigenvalue weighted by Gasteiger charge is 2.08. The number of ether oxygens (including phenoxy) is 2. The lowest BCUT2D eigenvalue weighted by molar-refractivity contribution is 0.394. The number of hydrogen-bond donors (Lipinski definition) is 0. The first-order chi connectivity index (χ1) is 8.24. The van der Waals surface area contributed by atoms with E-state index in [1.54, 1.807) is 44.6 Å². The van der Waals surface area contributed by atoms with Crippen LogP contribution in [-0.4, -0.2) is 14.2 Å². The summed E-state index contributed by atoms with van der Waals surface area (Å²) in [5.41, 5.74) is 1.09. The molecule has 3 heteroatoms. The predicted octanol–water partition coefficient (Wildman–Crippen LogP) is 3.31. The quantitative estimate of drug-likeness (QED) is 0.806. The molecule has 0 bridgehead atoms. The fourth-order valence-electron chi connectivity index (χ4n) is 1.59. The van der Waals surface area contributed by atoms with Crippen molar-refractivity contribution in [1.82, 2.24) is 0 Å². The van der Waals surface area contributed by atoms with Crippen LogP contribution in [0.25, 0.3) is 11.1 Å². The van der Waals surface area contributed by atoms with Gasteiger partial charge in [-0.05, 0) is 29.8 Å². The molecule has 2 nitrogen and oxygen atoms in total. The molecule has 0 aliphatic carbocycles. The summed E-state index contributed by atoms with van der Waals surface area (Å²) in [4.78, 5) is 0. The summed E-state index contributed by atoms with van der Waals surface area (Å²) in [6, 6.07) is 12.8. The molecule has 17 heavy (non-hydrogen) atoms. The van der Waals surface area contributed by atoms with Crippen LogP contribution in [0.5, 0.6) is 11.5 Å². The zero-order valence-corrected chi connectivity index (χ0v) is 9.66. The van der Waals surface area contributed by atoms with E-state index in [0.717, 1.165) is 0 Å². The Balaban J connectivity index is 2.55. The summed E-state index contributed by atoms with van der Waals surface area (Å²) in [7, 11) is 3.12. The molecule has 2 aromatic rings. The number of halogens is 1. The van der Waals surface area contributed by atoms with Gasteiger partial charge in [0.05, 0.1) is 14.2 Å². The van der Waals surface area contributed by atoms with Crippen LogP contribution >= 0.6 is 0 Å². The van der Waals surface area contributed by atoms with Crippen molar-refractivity contribution < 1.29 is 13.9 Å². The smallest absolute Gasteiger partial charge is 0.131 e. The summed E-state index contributed by atoms with van der Waals surface area (Å²) in [6.45, 7) is 0. The lowest BCUT2D eigenvalue weighted by atomic mass is 10.0. The van der Waals surface area contributed by atoms with Crippen LogP contribution in [0.1, 0.15) is 0 Å². The first-order valence-electron chi connectivity index (χ1n) is 5.14. The largest absolute Gasteiger partial charge is 0.497 e. The summed E-state index contributed by atoms with van der Waals surface area (Å²) >= 11 is 0. The highest BCUT2D eigenvalue weighted by atomic mass is 19.1. The Labute approximate surface area is 99.6 Å². The van der Waals surface area contributed by atoms with Crippen LogP contribution in [0.3, 0.4) is 0 Å². The molecule has 2 aromatic carbocycles. The van der Waals surface area contributed by atoms with Gasteiger partial charge in [-0.3, -0.25) is 0 Å². The molecule has 0 amide bonds. The molecule has 0 aliphatic heterocycles. The van der Waals surface area contributed by atoms with Gasteiger partial charge < -0.3 is 9.47 Å². The molecule has 0 heterocycles. The predicted molar refractivity (Wildman–Crippen MR) is 63.8 cm³/mol. The Hall–Kier alpha value is -2.03. The maximum absolute atomic E-state index is 13.6. The van der Waals surface area contributed by atoms with Gasteiger partial charge >= 0.3 is 0 Å². The van der Waals surface area contributed by atoms with Gasteiger partial charge in [-0.15, -0.1) is 0 Å². The van der Waals surface area contributed by atoms with E-state index >= 15 is 0 Å². The van der Waals surface area contributed by atoms with E-state index < -0.39 is 0 Å². The van der Waals surface area contributed by atoms with E-state index in [1.807, 2.05) is 0 Å². The van der Waals surface area contributed by atoms with E-state index in [1.165, 1.54) is 6.07 Å². The topological polar surface area (TPSA) is 18.5 Å². The summed E-state index contributed by atoms with van der Waals surface area (Å²) in [5, 5.41) is 0. The van der Waals surface area contributed by atoms with Crippen LogP contribution < -0.4 is 9.47 Å².